The Hall–Kier alpha value is -3.43. The Kier molecular flexibility index (Phi) is 5.62. The summed E-state index contributed by atoms with van der Waals surface area (Å²) in [5.74, 6) is -0.00422. The molecule has 0 atom stereocenters. The van der Waals surface area contributed by atoms with Gasteiger partial charge in [-0.3, -0.25) is 19.8 Å². The molecule has 0 bridgehead atoms. The molecular weight excluding hydrogens is 490 g/mol. The number of nitro benzene ring substituents is 1. The zero-order valence-corrected chi connectivity index (χ0v) is 18.0. The number of hydrogen-bond donors (Lipinski definition) is 1. The van der Waals surface area contributed by atoms with Crippen LogP contribution in [0.5, 0.6) is 0 Å². The zero-order valence-electron chi connectivity index (χ0n) is 15.7. The minimum absolute atomic E-state index is 0.0496. The van der Waals surface area contributed by atoms with Crippen LogP contribution in [-0.4, -0.2) is 21.8 Å². The molecule has 10 heteroatoms. The number of urea groups is 1. The number of rotatable bonds is 5. The molecule has 3 amide bonds. The van der Waals surface area contributed by atoms with Crippen LogP contribution in [0.3, 0.4) is 0 Å². The average molecular weight is 503 g/mol. The normalized spacial score (nSPS) is 14.9. The van der Waals surface area contributed by atoms with Gasteiger partial charge >= 0.3 is 6.03 Å². The van der Waals surface area contributed by atoms with E-state index in [1.807, 2.05) is 24.3 Å². The molecule has 0 unspecified atom stereocenters. The number of carbonyl (C=O) groups is 2. The van der Waals surface area contributed by atoms with Crippen LogP contribution in [0.25, 0.3) is 17.4 Å². The highest BCUT2D eigenvalue weighted by atomic mass is 79.9. The molecule has 1 aliphatic rings. The summed E-state index contributed by atoms with van der Waals surface area (Å²) in [6, 6.07) is 14.1. The Bertz CT molecular complexity index is 1240. The van der Waals surface area contributed by atoms with Crippen LogP contribution in [0.2, 0.25) is 5.02 Å². The maximum absolute atomic E-state index is 12.7. The van der Waals surface area contributed by atoms with Crippen LogP contribution in [0, 0.1) is 10.1 Å². The van der Waals surface area contributed by atoms with E-state index in [4.69, 9.17) is 16.0 Å². The summed E-state index contributed by atoms with van der Waals surface area (Å²) in [6.07, 6.45) is 1.38. The molecule has 0 spiro atoms. The Labute approximate surface area is 189 Å². The highest BCUT2D eigenvalue weighted by Crippen LogP contribution is 2.34. The summed E-state index contributed by atoms with van der Waals surface area (Å²) < 4.78 is 6.55. The van der Waals surface area contributed by atoms with E-state index in [-0.39, 0.29) is 40.0 Å². The topological polar surface area (TPSA) is 106 Å². The number of carbonyl (C=O) groups excluding carboxylic acids is 2. The molecule has 1 aliphatic heterocycles. The molecule has 2 aromatic carbocycles. The van der Waals surface area contributed by atoms with E-state index in [0.717, 1.165) is 14.9 Å². The van der Waals surface area contributed by atoms with Gasteiger partial charge in [0.1, 0.15) is 17.2 Å². The van der Waals surface area contributed by atoms with Crippen molar-refractivity contribution >= 4 is 51.2 Å². The Morgan fingerprint density at radius 3 is 2.58 bits per heavy atom. The summed E-state index contributed by atoms with van der Waals surface area (Å²) in [5, 5.41) is 14.1. The summed E-state index contributed by atoms with van der Waals surface area (Å²) in [6.45, 7) is 0.121. The standard InChI is InChI=1S/C21H13BrClN3O5/c22-13-3-1-12(2-4-13)11-25-20(27)17(24-21(25)28)10-15-6-8-19(31-15)16-7-5-14(23)9-18(16)26(29)30/h1-10H,11H2,(H,24,28)/b17-10+. The summed E-state index contributed by atoms with van der Waals surface area (Å²) in [7, 11) is 0. The van der Waals surface area contributed by atoms with Gasteiger partial charge in [-0.15, -0.1) is 0 Å². The second-order valence-corrected chi connectivity index (χ2v) is 7.98. The second-order valence-electron chi connectivity index (χ2n) is 6.63. The smallest absolute Gasteiger partial charge is 0.329 e. The number of nitrogens with zero attached hydrogens (tertiary/aromatic N) is 2. The van der Waals surface area contributed by atoms with Crippen molar-refractivity contribution in [3.8, 4) is 11.3 Å². The van der Waals surface area contributed by atoms with Gasteiger partial charge in [-0.25, -0.2) is 4.79 Å². The number of benzene rings is 2. The summed E-state index contributed by atoms with van der Waals surface area (Å²) in [4.78, 5) is 36.8. The Morgan fingerprint density at radius 2 is 1.87 bits per heavy atom. The van der Waals surface area contributed by atoms with E-state index in [2.05, 4.69) is 21.2 Å². The summed E-state index contributed by atoms with van der Waals surface area (Å²) in [5.41, 5.74) is 0.890. The molecule has 1 saturated heterocycles. The maximum atomic E-state index is 12.7. The van der Waals surface area contributed by atoms with Crippen LogP contribution in [0.4, 0.5) is 10.5 Å². The van der Waals surface area contributed by atoms with Crippen molar-refractivity contribution in [3.05, 3.63) is 91.2 Å². The minimum Gasteiger partial charge on any atom is -0.456 e. The van der Waals surface area contributed by atoms with Crippen LogP contribution in [-0.2, 0) is 11.3 Å². The third-order valence-corrected chi connectivity index (χ3v) is 5.32. The highest BCUT2D eigenvalue weighted by Gasteiger charge is 2.33. The average Bonchev–Trinajstić information content (AvgIpc) is 3.29. The second kappa shape index (κ2) is 8.37. The molecule has 0 radical (unpaired) electrons. The maximum Gasteiger partial charge on any atom is 0.329 e. The molecule has 156 valence electrons. The van der Waals surface area contributed by atoms with Gasteiger partial charge in [-0.05, 0) is 42.0 Å². The van der Waals surface area contributed by atoms with Crippen molar-refractivity contribution in [2.24, 2.45) is 0 Å². The number of nitro groups is 1. The lowest BCUT2D eigenvalue weighted by molar-refractivity contribution is -0.384. The SMILES string of the molecule is O=C1N/C(=C/c2ccc(-c3ccc(Cl)cc3[N+](=O)[O-])o2)C(=O)N1Cc1ccc(Br)cc1. The van der Waals surface area contributed by atoms with E-state index in [0.29, 0.717) is 0 Å². The molecule has 1 N–H and O–H groups in total. The van der Waals surface area contributed by atoms with Gasteiger partial charge in [0, 0.05) is 21.6 Å². The number of nitrogens with one attached hydrogen (secondary N) is 1. The minimum atomic E-state index is -0.553. The highest BCUT2D eigenvalue weighted by molar-refractivity contribution is 9.10. The first-order valence-corrected chi connectivity index (χ1v) is 10.1. The van der Waals surface area contributed by atoms with Crippen molar-refractivity contribution in [1.82, 2.24) is 10.2 Å². The lowest BCUT2D eigenvalue weighted by atomic mass is 10.1. The lowest BCUT2D eigenvalue weighted by Gasteiger charge is -2.11. The lowest BCUT2D eigenvalue weighted by Crippen LogP contribution is -2.30. The van der Waals surface area contributed by atoms with Gasteiger partial charge in [0.15, 0.2) is 0 Å². The predicted molar refractivity (Wildman–Crippen MR) is 117 cm³/mol. The third-order valence-electron chi connectivity index (χ3n) is 4.55. The molecule has 0 saturated carbocycles. The fourth-order valence-corrected chi connectivity index (χ4v) is 3.50. The molecule has 3 aromatic rings. The quantitative estimate of drug-likeness (QED) is 0.219. The number of halogens is 2. The Morgan fingerprint density at radius 1 is 1.13 bits per heavy atom. The van der Waals surface area contributed by atoms with Crippen molar-refractivity contribution in [1.29, 1.82) is 0 Å². The van der Waals surface area contributed by atoms with E-state index in [9.17, 15) is 19.7 Å². The van der Waals surface area contributed by atoms with Crippen LogP contribution >= 0.6 is 27.5 Å². The number of furan rings is 1. The van der Waals surface area contributed by atoms with E-state index in [1.54, 1.807) is 12.1 Å². The molecule has 8 nitrogen and oxygen atoms in total. The van der Waals surface area contributed by atoms with Crippen molar-refractivity contribution in [2.45, 2.75) is 6.54 Å². The number of imide groups is 1. The zero-order chi connectivity index (χ0) is 22.1. The largest absolute Gasteiger partial charge is 0.456 e. The van der Waals surface area contributed by atoms with Crippen molar-refractivity contribution < 1.29 is 18.9 Å². The number of hydrogen-bond acceptors (Lipinski definition) is 5. The fourth-order valence-electron chi connectivity index (χ4n) is 3.07. The van der Waals surface area contributed by atoms with Crippen molar-refractivity contribution in [3.63, 3.8) is 0 Å². The van der Waals surface area contributed by atoms with E-state index < -0.39 is 16.9 Å². The molecule has 2 heterocycles. The molecule has 31 heavy (non-hydrogen) atoms. The third kappa shape index (κ3) is 4.37. The summed E-state index contributed by atoms with van der Waals surface area (Å²) >= 11 is 9.19. The van der Waals surface area contributed by atoms with E-state index >= 15 is 0 Å². The van der Waals surface area contributed by atoms with Crippen molar-refractivity contribution in [2.75, 3.05) is 0 Å². The van der Waals surface area contributed by atoms with Gasteiger partial charge < -0.3 is 9.73 Å². The first kappa shape index (κ1) is 20.8. The molecule has 1 aromatic heterocycles. The van der Waals surface area contributed by atoms with E-state index in [1.165, 1.54) is 24.3 Å². The van der Waals surface area contributed by atoms with Gasteiger partial charge in [0.25, 0.3) is 11.6 Å². The predicted octanol–water partition coefficient (Wildman–Crippen LogP) is 5.36. The molecule has 4 rings (SSSR count). The van der Waals surface area contributed by atoms with Gasteiger partial charge in [0.2, 0.25) is 0 Å². The fraction of sp³-hybridized carbons (Fsp3) is 0.0476. The number of amides is 3. The monoisotopic (exact) mass is 501 g/mol. The molecule has 1 fully saturated rings. The van der Waals surface area contributed by atoms with Crippen LogP contribution < -0.4 is 5.32 Å². The molecular formula is C21H13BrClN3O5. The van der Waals surface area contributed by atoms with Gasteiger partial charge in [-0.1, -0.05) is 39.7 Å². The van der Waals surface area contributed by atoms with Crippen LogP contribution in [0.15, 0.2) is 69.2 Å². The van der Waals surface area contributed by atoms with Crippen LogP contribution in [0.1, 0.15) is 11.3 Å². The van der Waals surface area contributed by atoms with Gasteiger partial charge in [-0.2, -0.15) is 0 Å². The first-order valence-electron chi connectivity index (χ1n) is 8.95. The Balaban J connectivity index is 1.57. The first-order chi connectivity index (χ1) is 14.8. The van der Waals surface area contributed by atoms with Gasteiger partial charge in [0.05, 0.1) is 17.0 Å². The molecule has 0 aliphatic carbocycles.